The fourth-order valence-corrected chi connectivity index (χ4v) is 2.73. The number of nitrogens with one attached hydrogen (secondary N) is 1. The Morgan fingerprint density at radius 2 is 2.10 bits per heavy atom. The summed E-state index contributed by atoms with van der Waals surface area (Å²) >= 11 is 1.45. The Bertz CT molecular complexity index is 718. The maximum absolute atomic E-state index is 9.13. The maximum atomic E-state index is 9.13. The first kappa shape index (κ1) is 13.6. The van der Waals surface area contributed by atoms with Gasteiger partial charge < -0.3 is 5.11 Å². The summed E-state index contributed by atoms with van der Waals surface area (Å²) < 4.78 is 0. The number of thioether (sulfide) groups is 1. The number of benzene rings is 1. The smallest absolute Gasteiger partial charge is 0.102 e. The van der Waals surface area contributed by atoms with Gasteiger partial charge in [0.1, 0.15) is 5.04 Å². The highest BCUT2D eigenvalue weighted by atomic mass is 32.2. The van der Waals surface area contributed by atoms with Crippen LogP contribution in [0, 0.1) is 0 Å². The Morgan fingerprint density at radius 1 is 1.29 bits per heavy atom. The SMILES string of the molecule is C=C(O)CSC1=NN=C(c2cn[nH]c2-c2ccccc2)C1. The minimum absolute atomic E-state index is 0.143. The predicted octanol–water partition coefficient (Wildman–Crippen LogP) is 3.39. The molecule has 0 saturated carbocycles. The first-order valence-electron chi connectivity index (χ1n) is 6.46. The number of aliphatic hydroxyl groups is 1. The Labute approximate surface area is 126 Å². The molecule has 1 aromatic heterocycles. The van der Waals surface area contributed by atoms with Crippen molar-refractivity contribution >= 4 is 22.5 Å². The van der Waals surface area contributed by atoms with Gasteiger partial charge in [-0.05, 0) is 0 Å². The fourth-order valence-electron chi connectivity index (χ4n) is 2.06. The zero-order chi connectivity index (χ0) is 14.7. The van der Waals surface area contributed by atoms with E-state index in [9.17, 15) is 0 Å². The molecule has 0 unspecified atom stereocenters. The number of hydrogen-bond donors (Lipinski definition) is 2. The number of aliphatic hydroxyl groups excluding tert-OH is 1. The summed E-state index contributed by atoms with van der Waals surface area (Å²) in [6, 6.07) is 10.0. The van der Waals surface area contributed by atoms with Crippen LogP contribution in [0.15, 0.2) is 59.1 Å². The largest absolute Gasteiger partial charge is 0.512 e. The maximum Gasteiger partial charge on any atom is 0.102 e. The highest BCUT2D eigenvalue weighted by Gasteiger charge is 2.19. The fraction of sp³-hybridized carbons (Fsp3) is 0.133. The van der Waals surface area contributed by atoms with Crippen molar-refractivity contribution in [2.75, 3.05) is 5.75 Å². The summed E-state index contributed by atoms with van der Waals surface area (Å²) in [6.45, 7) is 3.47. The highest BCUT2D eigenvalue weighted by molar-refractivity contribution is 8.14. The molecule has 1 aliphatic heterocycles. The zero-order valence-electron chi connectivity index (χ0n) is 11.3. The number of rotatable bonds is 4. The van der Waals surface area contributed by atoms with Crippen LogP contribution in [0.4, 0.5) is 0 Å². The van der Waals surface area contributed by atoms with Gasteiger partial charge in [-0.15, -0.1) is 16.9 Å². The molecule has 0 aliphatic carbocycles. The number of aromatic nitrogens is 2. The normalized spacial score (nSPS) is 13.9. The molecular weight excluding hydrogens is 284 g/mol. The molecule has 0 bridgehead atoms. The van der Waals surface area contributed by atoms with E-state index in [1.165, 1.54) is 11.8 Å². The molecule has 2 heterocycles. The van der Waals surface area contributed by atoms with Crippen molar-refractivity contribution in [2.45, 2.75) is 6.42 Å². The van der Waals surface area contributed by atoms with E-state index in [4.69, 9.17) is 5.11 Å². The molecule has 2 aromatic rings. The average Bonchev–Trinajstić information content (AvgIpc) is 3.14. The van der Waals surface area contributed by atoms with Crippen molar-refractivity contribution in [3.8, 4) is 11.3 Å². The molecular formula is C15H14N4OS. The number of hydrogen-bond acceptors (Lipinski definition) is 5. The minimum Gasteiger partial charge on any atom is -0.512 e. The van der Waals surface area contributed by atoms with E-state index in [0.717, 1.165) is 27.6 Å². The monoisotopic (exact) mass is 298 g/mol. The van der Waals surface area contributed by atoms with Gasteiger partial charge in [0.2, 0.25) is 0 Å². The summed E-state index contributed by atoms with van der Waals surface area (Å²) in [6.07, 6.45) is 2.42. The van der Waals surface area contributed by atoms with Gasteiger partial charge in [0.05, 0.1) is 29.1 Å². The van der Waals surface area contributed by atoms with Gasteiger partial charge in [-0.2, -0.15) is 10.2 Å². The summed E-state index contributed by atoms with van der Waals surface area (Å²) in [7, 11) is 0. The highest BCUT2D eigenvalue weighted by Crippen LogP contribution is 2.26. The molecule has 0 atom stereocenters. The molecule has 2 N–H and O–H groups in total. The van der Waals surface area contributed by atoms with Gasteiger partial charge in [-0.3, -0.25) is 5.10 Å². The quantitative estimate of drug-likeness (QED) is 0.850. The summed E-state index contributed by atoms with van der Waals surface area (Å²) in [5.41, 5.74) is 3.86. The second kappa shape index (κ2) is 5.97. The molecule has 106 valence electrons. The van der Waals surface area contributed by atoms with Gasteiger partial charge in [0.25, 0.3) is 0 Å². The van der Waals surface area contributed by atoms with E-state index in [1.807, 2.05) is 30.3 Å². The van der Waals surface area contributed by atoms with Crippen LogP contribution in [-0.4, -0.2) is 31.8 Å². The third-order valence-corrected chi connectivity index (χ3v) is 4.06. The average molecular weight is 298 g/mol. The lowest BCUT2D eigenvalue weighted by molar-refractivity contribution is 0.420. The van der Waals surface area contributed by atoms with Crippen molar-refractivity contribution in [3.05, 3.63) is 54.4 Å². The van der Waals surface area contributed by atoms with E-state index >= 15 is 0 Å². The third-order valence-electron chi connectivity index (χ3n) is 3.02. The van der Waals surface area contributed by atoms with Crippen LogP contribution in [0.2, 0.25) is 0 Å². The molecule has 0 amide bonds. The summed E-state index contributed by atoms with van der Waals surface area (Å²) in [5.74, 6) is 0.586. The van der Waals surface area contributed by atoms with Gasteiger partial charge >= 0.3 is 0 Å². The molecule has 0 fully saturated rings. The van der Waals surface area contributed by atoms with Crippen LogP contribution in [0.3, 0.4) is 0 Å². The Balaban J connectivity index is 1.76. The first-order chi connectivity index (χ1) is 10.2. The van der Waals surface area contributed by atoms with E-state index in [-0.39, 0.29) is 5.76 Å². The number of H-pyrrole nitrogens is 1. The number of aromatic amines is 1. The van der Waals surface area contributed by atoms with Crippen molar-refractivity contribution in [3.63, 3.8) is 0 Å². The number of nitrogens with zero attached hydrogens (tertiary/aromatic N) is 3. The molecule has 21 heavy (non-hydrogen) atoms. The van der Waals surface area contributed by atoms with E-state index in [0.29, 0.717) is 12.2 Å². The van der Waals surface area contributed by atoms with Crippen LogP contribution >= 0.6 is 11.8 Å². The molecule has 1 aromatic carbocycles. The molecule has 6 heteroatoms. The van der Waals surface area contributed by atoms with Crippen molar-refractivity contribution < 1.29 is 5.11 Å². The second-order valence-corrected chi connectivity index (χ2v) is 5.65. The van der Waals surface area contributed by atoms with Crippen LogP contribution in [0.5, 0.6) is 0 Å². The topological polar surface area (TPSA) is 73.6 Å². The Kier molecular flexibility index (Phi) is 3.87. The van der Waals surface area contributed by atoms with Crippen LogP contribution in [0.1, 0.15) is 12.0 Å². The van der Waals surface area contributed by atoms with Crippen molar-refractivity contribution in [2.24, 2.45) is 10.2 Å². The molecule has 1 aliphatic rings. The standard InChI is InChI=1S/C15H14N4OS/c1-10(20)9-21-14-7-13(17-18-14)12-8-16-19-15(12)11-5-3-2-4-6-11/h2-6,8,20H,1,7,9H2,(H,16,19). The van der Waals surface area contributed by atoms with E-state index < -0.39 is 0 Å². The van der Waals surface area contributed by atoms with E-state index in [2.05, 4.69) is 27.0 Å². The molecule has 5 nitrogen and oxygen atoms in total. The summed E-state index contributed by atoms with van der Waals surface area (Å²) in [4.78, 5) is 0. The third kappa shape index (κ3) is 3.05. The summed E-state index contributed by atoms with van der Waals surface area (Å²) in [5, 5.41) is 25.5. The zero-order valence-corrected chi connectivity index (χ0v) is 12.1. The van der Waals surface area contributed by atoms with Crippen LogP contribution in [0.25, 0.3) is 11.3 Å². The molecule has 0 saturated heterocycles. The minimum atomic E-state index is 0.143. The second-order valence-electron chi connectivity index (χ2n) is 4.60. The molecule has 3 rings (SSSR count). The van der Waals surface area contributed by atoms with Crippen molar-refractivity contribution in [1.82, 2.24) is 10.2 Å². The Morgan fingerprint density at radius 3 is 2.86 bits per heavy atom. The Hall–Kier alpha value is -2.34. The predicted molar refractivity (Wildman–Crippen MR) is 86.8 cm³/mol. The first-order valence-corrected chi connectivity index (χ1v) is 7.44. The lowest BCUT2D eigenvalue weighted by Crippen LogP contribution is -2.03. The van der Waals surface area contributed by atoms with E-state index in [1.54, 1.807) is 6.20 Å². The lowest BCUT2D eigenvalue weighted by atomic mass is 10.0. The van der Waals surface area contributed by atoms with Gasteiger partial charge in [0.15, 0.2) is 0 Å². The van der Waals surface area contributed by atoms with Crippen LogP contribution < -0.4 is 0 Å². The van der Waals surface area contributed by atoms with Crippen LogP contribution in [-0.2, 0) is 0 Å². The van der Waals surface area contributed by atoms with Gasteiger partial charge in [-0.1, -0.05) is 36.9 Å². The van der Waals surface area contributed by atoms with Crippen molar-refractivity contribution in [1.29, 1.82) is 0 Å². The van der Waals surface area contributed by atoms with Gasteiger partial charge in [0, 0.05) is 17.5 Å². The molecule has 0 spiro atoms. The molecule has 0 radical (unpaired) electrons. The van der Waals surface area contributed by atoms with Gasteiger partial charge in [-0.25, -0.2) is 0 Å². The lowest BCUT2D eigenvalue weighted by Gasteiger charge is -2.03.